The smallest absolute Gasteiger partial charge is 0.253 e. The summed E-state index contributed by atoms with van der Waals surface area (Å²) < 4.78 is 5.91. The molecule has 0 saturated heterocycles. The van der Waals surface area contributed by atoms with Crippen molar-refractivity contribution < 1.29 is 9.53 Å². The highest BCUT2D eigenvalue weighted by Crippen LogP contribution is 2.36. The maximum atomic E-state index is 12.2. The lowest BCUT2D eigenvalue weighted by atomic mass is 9.76. The van der Waals surface area contributed by atoms with Crippen LogP contribution in [0.1, 0.15) is 46.5 Å². The van der Waals surface area contributed by atoms with Gasteiger partial charge in [-0.3, -0.25) is 4.79 Å². The molecular formula is C17H26N2O2. The number of hydrogen-bond donors (Lipinski definition) is 2. The highest BCUT2D eigenvalue weighted by molar-refractivity contribution is 5.96. The van der Waals surface area contributed by atoms with Crippen LogP contribution in [0.15, 0.2) is 24.3 Å². The first-order valence-electron chi connectivity index (χ1n) is 7.68. The molecular weight excluding hydrogens is 264 g/mol. The Labute approximate surface area is 127 Å². The second-order valence-electron chi connectivity index (χ2n) is 6.72. The van der Waals surface area contributed by atoms with Crippen molar-refractivity contribution in [2.45, 2.75) is 58.7 Å². The summed E-state index contributed by atoms with van der Waals surface area (Å²) in [5, 5.41) is 2.83. The zero-order valence-electron chi connectivity index (χ0n) is 13.2. The Morgan fingerprint density at radius 3 is 2.57 bits per heavy atom. The molecule has 21 heavy (non-hydrogen) atoms. The van der Waals surface area contributed by atoms with Crippen LogP contribution in [-0.4, -0.2) is 18.1 Å². The van der Waals surface area contributed by atoms with Crippen LogP contribution < -0.4 is 11.1 Å². The van der Waals surface area contributed by atoms with Crippen molar-refractivity contribution in [2.75, 3.05) is 11.1 Å². The lowest BCUT2D eigenvalue weighted by molar-refractivity contribution is -0.132. The van der Waals surface area contributed by atoms with Gasteiger partial charge in [0.1, 0.15) is 6.10 Å². The molecule has 4 nitrogen and oxygen atoms in total. The third-order valence-corrected chi connectivity index (χ3v) is 4.27. The molecule has 1 fully saturated rings. The van der Waals surface area contributed by atoms with Crippen molar-refractivity contribution >= 4 is 17.3 Å². The van der Waals surface area contributed by atoms with Crippen molar-refractivity contribution in [1.29, 1.82) is 0 Å². The van der Waals surface area contributed by atoms with Gasteiger partial charge in [-0.05, 0) is 50.2 Å². The third kappa shape index (κ3) is 4.46. The van der Waals surface area contributed by atoms with Gasteiger partial charge in [0.05, 0.1) is 17.5 Å². The second-order valence-corrected chi connectivity index (χ2v) is 6.72. The fraction of sp³-hybridized carbons (Fsp3) is 0.588. The van der Waals surface area contributed by atoms with Gasteiger partial charge >= 0.3 is 0 Å². The summed E-state index contributed by atoms with van der Waals surface area (Å²) in [4.78, 5) is 12.2. The van der Waals surface area contributed by atoms with E-state index >= 15 is 0 Å². The second kappa shape index (κ2) is 6.48. The summed E-state index contributed by atoms with van der Waals surface area (Å²) >= 11 is 0. The van der Waals surface area contributed by atoms with Crippen LogP contribution in [0.5, 0.6) is 0 Å². The zero-order chi connectivity index (χ0) is 15.5. The normalized spacial score (nSPS) is 20.0. The number of para-hydroxylation sites is 2. The number of nitrogens with one attached hydrogen (secondary N) is 1. The summed E-state index contributed by atoms with van der Waals surface area (Å²) in [6, 6.07) is 7.25. The predicted octanol–water partition coefficient (Wildman–Crippen LogP) is 3.58. The minimum Gasteiger partial charge on any atom is -0.397 e. The Morgan fingerprint density at radius 1 is 1.33 bits per heavy atom. The summed E-state index contributed by atoms with van der Waals surface area (Å²) in [7, 11) is 0. The van der Waals surface area contributed by atoms with Crippen LogP contribution in [0.3, 0.4) is 0 Å². The molecule has 1 unspecified atom stereocenters. The minimum atomic E-state index is -0.462. The molecule has 2 rings (SSSR count). The number of nitrogen functional groups attached to an aromatic ring is 1. The first kappa shape index (κ1) is 15.8. The number of rotatable bonds is 4. The zero-order valence-corrected chi connectivity index (χ0v) is 13.2. The van der Waals surface area contributed by atoms with E-state index in [9.17, 15) is 4.79 Å². The summed E-state index contributed by atoms with van der Waals surface area (Å²) in [5.74, 6) is -0.141. The number of amides is 1. The van der Waals surface area contributed by atoms with Crippen LogP contribution in [-0.2, 0) is 9.53 Å². The van der Waals surface area contributed by atoms with Gasteiger partial charge in [-0.1, -0.05) is 26.0 Å². The number of anilines is 2. The van der Waals surface area contributed by atoms with E-state index in [-0.39, 0.29) is 12.0 Å². The van der Waals surface area contributed by atoms with Crippen molar-refractivity contribution in [3.8, 4) is 0 Å². The predicted molar refractivity (Wildman–Crippen MR) is 86.1 cm³/mol. The number of hydrogen-bond acceptors (Lipinski definition) is 3. The highest BCUT2D eigenvalue weighted by atomic mass is 16.5. The lowest BCUT2D eigenvalue weighted by Crippen LogP contribution is -2.34. The lowest BCUT2D eigenvalue weighted by Gasteiger charge is -2.35. The largest absolute Gasteiger partial charge is 0.397 e. The van der Waals surface area contributed by atoms with Gasteiger partial charge in [-0.2, -0.15) is 0 Å². The molecule has 1 saturated carbocycles. The van der Waals surface area contributed by atoms with Gasteiger partial charge in [-0.15, -0.1) is 0 Å². The molecule has 0 radical (unpaired) electrons. The molecule has 116 valence electrons. The summed E-state index contributed by atoms with van der Waals surface area (Å²) in [6.45, 7) is 6.38. The van der Waals surface area contributed by atoms with Gasteiger partial charge in [0.15, 0.2) is 0 Å². The van der Waals surface area contributed by atoms with Crippen LogP contribution in [0.25, 0.3) is 0 Å². The standard InChI is InChI=1S/C17H26N2O2/c1-12(21-13-8-10-17(2,3)11-9-13)16(20)19-15-7-5-4-6-14(15)18/h4-7,12-13H,8-11,18H2,1-3H3,(H,19,20). The number of benzene rings is 1. The Balaban J connectivity index is 1.85. The summed E-state index contributed by atoms with van der Waals surface area (Å²) in [6.07, 6.45) is 4.08. The third-order valence-electron chi connectivity index (χ3n) is 4.27. The average molecular weight is 290 g/mol. The van der Waals surface area contributed by atoms with Gasteiger partial charge in [0.25, 0.3) is 5.91 Å². The van der Waals surface area contributed by atoms with Crippen molar-refractivity contribution in [2.24, 2.45) is 5.41 Å². The molecule has 1 aromatic carbocycles. The van der Waals surface area contributed by atoms with E-state index in [4.69, 9.17) is 10.5 Å². The van der Waals surface area contributed by atoms with E-state index in [1.54, 1.807) is 19.1 Å². The van der Waals surface area contributed by atoms with E-state index in [1.165, 1.54) is 0 Å². The molecule has 0 spiro atoms. The van der Waals surface area contributed by atoms with E-state index < -0.39 is 6.10 Å². The molecule has 0 aliphatic heterocycles. The maximum absolute atomic E-state index is 12.2. The SMILES string of the molecule is CC(OC1CCC(C)(C)CC1)C(=O)Nc1ccccc1N. The van der Waals surface area contributed by atoms with Gasteiger partial charge in [-0.25, -0.2) is 0 Å². The van der Waals surface area contributed by atoms with E-state index in [2.05, 4.69) is 19.2 Å². The van der Waals surface area contributed by atoms with Crippen LogP contribution >= 0.6 is 0 Å². The Kier molecular flexibility index (Phi) is 4.88. The number of ether oxygens (including phenoxy) is 1. The first-order valence-corrected chi connectivity index (χ1v) is 7.68. The van der Waals surface area contributed by atoms with Crippen molar-refractivity contribution in [3.05, 3.63) is 24.3 Å². The molecule has 0 bridgehead atoms. The fourth-order valence-electron chi connectivity index (χ4n) is 2.70. The average Bonchev–Trinajstić information content (AvgIpc) is 2.43. The molecule has 1 atom stereocenters. The van der Waals surface area contributed by atoms with Crippen molar-refractivity contribution in [3.63, 3.8) is 0 Å². The number of nitrogens with two attached hydrogens (primary N) is 1. The molecule has 3 N–H and O–H groups in total. The van der Waals surface area contributed by atoms with Crippen molar-refractivity contribution in [1.82, 2.24) is 0 Å². The quantitative estimate of drug-likeness (QED) is 0.833. The van der Waals surface area contributed by atoms with Crippen LogP contribution in [0.4, 0.5) is 11.4 Å². The molecule has 1 amide bonds. The monoisotopic (exact) mass is 290 g/mol. The van der Waals surface area contributed by atoms with Crippen LogP contribution in [0.2, 0.25) is 0 Å². The Hall–Kier alpha value is -1.55. The highest BCUT2D eigenvalue weighted by Gasteiger charge is 2.29. The molecule has 1 aliphatic carbocycles. The summed E-state index contributed by atoms with van der Waals surface area (Å²) in [5.41, 5.74) is 7.44. The molecule has 4 heteroatoms. The van der Waals surface area contributed by atoms with Crippen LogP contribution in [0, 0.1) is 5.41 Å². The van der Waals surface area contributed by atoms with E-state index in [0.717, 1.165) is 25.7 Å². The first-order chi connectivity index (χ1) is 9.87. The van der Waals surface area contributed by atoms with Gasteiger partial charge < -0.3 is 15.8 Å². The molecule has 0 aromatic heterocycles. The van der Waals surface area contributed by atoms with Gasteiger partial charge in [0.2, 0.25) is 0 Å². The van der Waals surface area contributed by atoms with E-state index in [1.807, 2.05) is 12.1 Å². The number of carbonyl (C=O) groups excluding carboxylic acids is 1. The molecule has 1 aliphatic rings. The topological polar surface area (TPSA) is 64.3 Å². The minimum absolute atomic E-state index is 0.141. The fourth-order valence-corrected chi connectivity index (χ4v) is 2.70. The molecule has 1 aromatic rings. The molecule has 0 heterocycles. The maximum Gasteiger partial charge on any atom is 0.253 e. The van der Waals surface area contributed by atoms with E-state index in [0.29, 0.717) is 16.8 Å². The van der Waals surface area contributed by atoms with Gasteiger partial charge in [0, 0.05) is 0 Å². The number of carbonyl (C=O) groups is 1. The Bertz CT molecular complexity index is 489. The Morgan fingerprint density at radius 2 is 1.95 bits per heavy atom.